The van der Waals surface area contributed by atoms with E-state index in [4.69, 9.17) is 9.16 Å². The molecular formula is C21H38N2O5Si. The Bertz CT molecular complexity index is 665. The largest absolute Gasteiger partial charge is 0.444 e. The van der Waals surface area contributed by atoms with Crippen LogP contribution in [-0.4, -0.2) is 66.4 Å². The summed E-state index contributed by atoms with van der Waals surface area (Å²) < 4.78 is 12.1. The Morgan fingerprint density at radius 3 is 2.14 bits per heavy atom. The van der Waals surface area contributed by atoms with Gasteiger partial charge in [-0.1, -0.05) is 20.8 Å². The summed E-state index contributed by atoms with van der Waals surface area (Å²) in [6.45, 7) is 18.4. The maximum Gasteiger partial charge on any atom is 0.411 e. The van der Waals surface area contributed by atoms with Gasteiger partial charge in [-0.3, -0.25) is 19.4 Å². The number of carbonyl (C=O) groups is 3. The Morgan fingerprint density at radius 2 is 1.69 bits per heavy atom. The van der Waals surface area contributed by atoms with Gasteiger partial charge in [-0.25, -0.2) is 4.79 Å². The molecule has 0 saturated carbocycles. The summed E-state index contributed by atoms with van der Waals surface area (Å²) in [5.41, 5.74) is -0.667. The minimum atomic E-state index is -2.07. The van der Waals surface area contributed by atoms with E-state index >= 15 is 0 Å². The highest BCUT2D eigenvalue weighted by Gasteiger charge is 2.49. The lowest BCUT2D eigenvalue weighted by atomic mass is 10.1. The minimum Gasteiger partial charge on any atom is -0.444 e. The molecule has 0 unspecified atom stereocenters. The van der Waals surface area contributed by atoms with E-state index in [2.05, 4.69) is 33.9 Å². The number of nitrogens with zero attached hydrogens (tertiary/aromatic N) is 2. The summed E-state index contributed by atoms with van der Waals surface area (Å²) >= 11 is 0. The predicted octanol–water partition coefficient (Wildman–Crippen LogP) is 3.92. The fraction of sp³-hybridized carbons (Fsp3) is 0.857. The van der Waals surface area contributed by atoms with Crippen molar-refractivity contribution in [2.75, 3.05) is 6.54 Å². The van der Waals surface area contributed by atoms with Crippen LogP contribution in [0.4, 0.5) is 4.79 Å². The standard InChI is InChI=1S/C21H38N2O5Si/c1-14-10-11-17(24)23(14)18(25)16-12-15(28-29(8,9)21(5,6)7)13-22(16)19(26)27-20(2,3)4/h14-16H,10-13H2,1-9H3/t14-,15+,16+/m1/s1. The first-order valence-corrected chi connectivity index (χ1v) is 13.5. The quantitative estimate of drug-likeness (QED) is 0.505. The highest BCUT2D eigenvalue weighted by molar-refractivity contribution is 6.74. The predicted molar refractivity (Wildman–Crippen MR) is 114 cm³/mol. The van der Waals surface area contributed by atoms with Gasteiger partial charge in [0.25, 0.3) is 5.91 Å². The summed E-state index contributed by atoms with van der Waals surface area (Å²) in [5, 5.41) is 0.0191. The number of hydrogen-bond donors (Lipinski definition) is 0. The van der Waals surface area contributed by atoms with Crippen LogP contribution in [0.25, 0.3) is 0 Å². The van der Waals surface area contributed by atoms with Crippen molar-refractivity contribution in [3.05, 3.63) is 0 Å². The van der Waals surface area contributed by atoms with Gasteiger partial charge in [0.2, 0.25) is 5.91 Å². The molecule has 0 aromatic heterocycles. The zero-order valence-corrected chi connectivity index (χ0v) is 20.5. The van der Waals surface area contributed by atoms with E-state index in [0.29, 0.717) is 25.8 Å². The number of amides is 3. The number of carbonyl (C=O) groups excluding carboxylic acids is 3. The van der Waals surface area contributed by atoms with Crippen molar-refractivity contribution in [3.63, 3.8) is 0 Å². The van der Waals surface area contributed by atoms with Crippen molar-refractivity contribution in [1.29, 1.82) is 0 Å². The lowest BCUT2D eigenvalue weighted by Crippen LogP contribution is -2.51. The molecular weight excluding hydrogens is 388 g/mol. The number of likely N-dealkylation sites (tertiary alicyclic amines) is 2. The topological polar surface area (TPSA) is 76.2 Å². The molecule has 0 aromatic carbocycles. The second-order valence-electron chi connectivity index (χ2n) is 10.9. The molecule has 3 atom stereocenters. The summed E-state index contributed by atoms with van der Waals surface area (Å²) in [5.74, 6) is -0.479. The maximum absolute atomic E-state index is 13.3. The van der Waals surface area contributed by atoms with Crippen LogP contribution >= 0.6 is 0 Å². The van der Waals surface area contributed by atoms with Crippen molar-refractivity contribution in [3.8, 4) is 0 Å². The van der Waals surface area contributed by atoms with Gasteiger partial charge in [0.1, 0.15) is 11.6 Å². The number of imide groups is 1. The molecule has 7 nitrogen and oxygen atoms in total. The van der Waals surface area contributed by atoms with E-state index in [1.54, 1.807) is 20.8 Å². The molecule has 8 heteroatoms. The lowest BCUT2D eigenvalue weighted by Gasteiger charge is -2.38. The van der Waals surface area contributed by atoms with Gasteiger partial charge in [0.15, 0.2) is 8.32 Å². The average Bonchev–Trinajstić information content (AvgIpc) is 3.07. The molecule has 29 heavy (non-hydrogen) atoms. The van der Waals surface area contributed by atoms with Crippen LogP contribution < -0.4 is 0 Å². The zero-order chi connectivity index (χ0) is 22.4. The molecule has 2 fully saturated rings. The van der Waals surface area contributed by atoms with Crippen LogP contribution in [0.1, 0.15) is 67.7 Å². The number of hydrogen-bond acceptors (Lipinski definition) is 5. The second kappa shape index (κ2) is 8.02. The first-order valence-electron chi connectivity index (χ1n) is 10.6. The molecule has 166 valence electrons. The fourth-order valence-electron chi connectivity index (χ4n) is 3.56. The van der Waals surface area contributed by atoms with E-state index in [1.807, 2.05) is 6.92 Å². The van der Waals surface area contributed by atoms with Crippen molar-refractivity contribution in [1.82, 2.24) is 9.80 Å². The summed E-state index contributed by atoms with van der Waals surface area (Å²) in [7, 11) is -2.07. The molecule has 2 rings (SSSR count). The molecule has 0 spiro atoms. The van der Waals surface area contributed by atoms with Crippen LogP contribution in [-0.2, 0) is 18.8 Å². The van der Waals surface area contributed by atoms with Gasteiger partial charge in [0.05, 0.1) is 6.10 Å². The third kappa shape index (κ3) is 5.39. The number of rotatable bonds is 3. The molecule has 0 bridgehead atoms. The monoisotopic (exact) mass is 426 g/mol. The second-order valence-corrected chi connectivity index (χ2v) is 15.6. The van der Waals surface area contributed by atoms with Crippen LogP contribution in [0.5, 0.6) is 0 Å². The smallest absolute Gasteiger partial charge is 0.411 e. The van der Waals surface area contributed by atoms with Gasteiger partial charge in [-0.2, -0.15) is 0 Å². The van der Waals surface area contributed by atoms with Gasteiger partial charge in [-0.05, 0) is 52.2 Å². The van der Waals surface area contributed by atoms with Crippen LogP contribution in [0.2, 0.25) is 18.1 Å². The van der Waals surface area contributed by atoms with E-state index in [9.17, 15) is 14.4 Å². The molecule has 0 aromatic rings. The Balaban J connectivity index is 2.26. The van der Waals surface area contributed by atoms with E-state index in [1.165, 1.54) is 9.80 Å². The molecule has 0 radical (unpaired) electrons. The molecule has 0 aliphatic carbocycles. The highest BCUT2D eigenvalue weighted by atomic mass is 28.4. The lowest BCUT2D eigenvalue weighted by molar-refractivity contribution is -0.146. The van der Waals surface area contributed by atoms with E-state index < -0.39 is 26.1 Å². The maximum atomic E-state index is 13.3. The Hall–Kier alpha value is -1.41. The van der Waals surface area contributed by atoms with Crippen LogP contribution in [0.3, 0.4) is 0 Å². The first kappa shape index (κ1) is 23.9. The van der Waals surface area contributed by atoms with Crippen LogP contribution in [0, 0.1) is 0 Å². The number of ether oxygens (including phenoxy) is 1. The van der Waals surface area contributed by atoms with Crippen molar-refractivity contribution in [2.24, 2.45) is 0 Å². The molecule has 2 saturated heterocycles. The summed E-state index contributed by atoms with van der Waals surface area (Å²) in [4.78, 5) is 41.2. The molecule has 2 heterocycles. The summed E-state index contributed by atoms with van der Waals surface area (Å²) in [6.07, 6.45) is 0.645. The van der Waals surface area contributed by atoms with Crippen molar-refractivity contribution >= 4 is 26.2 Å². The summed E-state index contributed by atoms with van der Waals surface area (Å²) in [6, 6.07) is -0.875. The van der Waals surface area contributed by atoms with Gasteiger partial charge < -0.3 is 9.16 Å². The molecule has 2 aliphatic heterocycles. The van der Waals surface area contributed by atoms with E-state index in [0.717, 1.165) is 0 Å². The third-order valence-electron chi connectivity index (χ3n) is 6.17. The van der Waals surface area contributed by atoms with Crippen molar-refractivity contribution < 1.29 is 23.5 Å². The zero-order valence-electron chi connectivity index (χ0n) is 19.5. The van der Waals surface area contributed by atoms with Crippen LogP contribution in [0.15, 0.2) is 0 Å². The molecule has 2 aliphatic rings. The average molecular weight is 427 g/mol. The van der Waals surface area contributed by atoms with E-state index in [-0.39, 0.29) is 29.0 Å². The Kier molecular flexibility index (Phi) is 6.60. The molecule has 0 N–H and O–H groups in total. The SMILES string of the molecule is C[C@@H]1CCC(=O)N1C(=O)[C@@H]1C[C@H](O[Si](C)(C)C(C)(C)C)CN1C(=O)OC(C)(C)C. The van der Waals surface area contributed by atoms with Gasteiger partial charge in [0, 0.05) is 25.4 Å². The fourth-order valence-corrected chi connectivity index (χ4v) is 4.92. The molecule has 3 amide bonds. The van der Waals surface area contributed by atoms with Crippen molar-refractivity contribution in [2.45, 2.75) is 110 Å². The third-order valence-corrected chi connectivity index (χ3v) is 10.7. The first-order chi connectivity index (χ1) is 13.0. The minimum absolute atomic E-state index is 0.0191. The Morgan fingerprint density at radius 1 is 1.10 bits per heavy atom. The van der Waals surface area contributed by atoms with Gasteiger partial charge >= 0.3 is 6.09 Å². The Labute approximate surface area is 176 Å². The highest BCUT2D eigenvalue weighted by Crippen LogP contribution is 2.39. The van der Waals surface area contributed by atoms with Gasteiger partial charge in [-0.15, -0.1) is 0 Å². The normalized spacial score (nSPS) is 26.2.